The van der Waals surface area contributed by atoms with E-state index < -0.39 is 0 Å². The van der Waals surface area contributed by atoms with Crippen LogP contribution in [0.2, 0.25) is 0 Å². The fourth-order valence-electron chi connectivity index (χ4n) is 1.10. The van der Waals surface area contributed by atoms with E-state index in [1.807, 2.05) is 30.3 Å². The van der Waals surface area contributed by atoms with E-state index in [-0.39, 0.29) is 11.5 Å². The molecule has 0 fully saturated rings. The van der Waals surface area contributed by atoms with Crippen LogP contribution in [-0.2, 0) is 16.1 Å². The van der Waals surface area contributed by atoms with Crippen LogP contribution in [0, 0.1) is 0 Å². The summed E-state index contributed by atoms with van der Waals surface area (Å²) in [6, 6.07) is 9.40. The lowest BCUT2D eigenvalue weighted by molar-refractivity contribution is -0.202. The first kappa shape index (κ1) is 10.5. The molecule has 0 aromatic heterocycles. The molecule has 74 valence electrons. The Morgan fingerprint density at radius 3 is 2.64 bits per heavy atom. The molecule has 0 bridgehead atoms. The van der Waals surface area contributed by atoms with E-state index in [0.717, 1.165) is 5.56 Å². The first-order valence-electron chi connectivity index (χ1n) is 4.29. The van der Waals surface area contributed by atoms with E-state index >= 15 is 0 Å². The number of carbonyl (C=O) groups excluding carboxylic acids is 1. The van der Waals surface area contributed by atoms with Crippen LogP contribution in [0.25, 0.3) is 0 Å². The van der Waals surface area contributed by atoms with Gasteiger partial charge in [0.2, 0.25) is 0 Å². The second-order valence-corrected chi connectivity index (χ2v) is 2.97. The summed E-state index contributed by atoms with van der Waals surface area (Å²) in [5, 5.41) is 8.23. The van der Waals surface area contributed by atoms with E-state index in [9.17, 15) is 4.79 Å². The van der Waals surface area contributed by atoms with Crippen LogP contribution in [0.4, 0.5) is 0 Å². The molecule has 0 saturated heterocycles. The summed E-state index contributed by atoms with van der Waals surface area (Å²) in [4.78, 5) is 15.2. The second kappa shape index (κ2) is 5.19. The Morgan fingerprint density at radius 1 is 1.43 bits per heavy atom. The zero-order valence-electron chi connectivity index (χ0n) is 7.93. The summed E-state index contributed by atoms with van der Waals surface area (Å²) >= 11 is 0. The van der Waals surface area contributed by atoms with E-state index in [1.54, 1.807) is 0 Å². The van der Waals surface area contributed by atoms with E-state index in [4.69, 9.17) is 5.26 Å². The van der Waals surface area contributed by atoms with Crippen LogP contribution in [-0.4, -0.2) is 11.0 Å². The summed E-state index contributed by atoms with van der Waals surface area (Å²) < 4.78 is 0. The summed E-state index contributed by atoms with van der Waals surface area (Å²) in [5.41, 5.74) is 0.944. The fourth-order valence-corrected chi connectivity index (χ4v) is 1.10. The molecule has 3 heteroatoms. The Bertz CT molecular complexity index is 328. The van der Waals surface area contributed by atoms with Crippen molar-refractivity contribution >= 4 is 5.78 Å². The zero-order valence-corrected chi connectivity index (χ0v) is 7.93. The molecule has 0 heterocycles. The molecule has 1 aromatic carbocycles. The standard InChI is InChI=1S/C11H12O3/c1-9(14-13)7-11(12)8-10-5-3-2-4-6-10/h2-7,13H,8H2,1H3/b9-7+. The molecule has 0 spiro atoms. The molecule has 3 nitrogen and oxygen atoms in total. The Hall–Kier alpha value is -1.61. The van der Waals surface area contributed by atoms with E-state index in [1.165, 1.54) is 13.0 Å². The minimum atomic E-state index is -0.0947. The van der Waals surface area contributed by atoms with Crippen molar-refractivity contribution in [2.45, 2.75) is 13.3 Å². The first-order valence-corrected chi connectivity index (χ1v) is 4.29. The highest BCUT2D eigenvalue weighted by molar-refractivity contribution is 5.91. The van der Waals surface area contributed by atoms with Gasteiger partial charge in [0.05, 0.1) is 0 Å². The molecular formula is C11H12O3. The highest BCUT2D eigenvalue weighted by atomic mass is 17.1. The van der Waals surface area contributed by atoms with Gasteiger partial charge in [0, 0.05) is 12.5 Å². The number of rotatable bonds is 4. The smallest absolute Gasteiger partial charge is 0.163 e. The topological polar surface area (TPSA) is 46.5 Å². The first-order chi connectivity index (χ1) is 6.72. The quantitative estimate of drug-likeness (QED) is 0.344. The maximum absolute atomic E-state index is 11.3. The molecule has 1 N–H and O–H groups in total. The van der Waals surface area contributed by atoms with E-state index in [0.29, 0.717) is 6.42 Å². The zero-order chi connectivity index (χ0) is 10.4. The molecule has 0 aliphatic heterocycles. The van der Waals surface area contributed by atoms with Crippen LogP contribution in [0.1, 0.15) is 12.5 Å². The molecule has 1 rings (SSSR count). The summed E-state index contributed by atoms with van der Waals surface area (Å²) in [6.45, 7) is 1.52. The number of carbonyl (C=O) groups is 1. The number of benzene rings is 1. The van der Waals surface area contributed by atoms with Crippen LogP contribution in [0.5, 0.6) is 0 Å². The fraction of sp³-hybridized carbons (Fsp3) is 0.182. The van der Waals surface area contributed by atoms with Gasteiger partial charge in [-0.2, -0.15) is 0 Å². The van der Waals surface area contributed by atoms with E-state index in [2.05, 4.69) is 4.89 Å². The van der Waals surface area contributed by atoms with Gasteiger partial charge in [0.15, 0.2) is 5.78 Å². The molecule has 0 radical (unpaired) electrons. The predicted molar refractivity (Wildman–Crippen MR) is 52.6 cm³/mol. The van der Waals surface area contributed by atoms with Crippen molar-refractivity contribution in [3.05, 3.63) is 47.7 Å². The minimum absolute atomic E-state index is 0.0947. The number of hydrogen-bond acceptors (Lipinski definition) is 3. The average Bonchev–Trinajstić information content (AvgIpc) is 2.19. The maximum Gasteiger partial charge on any atom is 0.163 e. The third kappa shape index (κ3) is 3.41. The van der Waals surface area contributed by atoms with Crippen molar-refractivity contribution in [1.82, 2.24) is 0 Å². The molecule has 0 amide bonds. The van der Waals surface area contributed by atoms with Crippen LogP contribution < -0.4 is 0 Å². The van der Waals surface area contributed by atoms with Gasteiger partial charge < -0.3 is 4.89 Å². The second-order valence-electron chi connectivity index (χ2n) is 2.97. The lowest BCUT2D eigenvalue weighted by atomic mass is 10.1. The molecule has 0 unspecified atom stereocenters. The predicted octanol–water partition coefficient (Wildman–Crippen LogP) is 2.19. The number of ketones is 1. The Labute approximate surface area is 82.6 Å². The highest BCUT2D eigenvalue weighted by Gasteiger charge is 2.01. The van der Waals surface area contributed by atoms with Crippen molar-refractivity contribution in [3.8, 4) is 0 Å². The molecule has 0 saturated carbocycles. The van der Waals surface area contributed by atoms with Gasteiger partial charge in [-0.05, 0) is 12.5 Å². The monoisotopic (exact) mass is 192 g/mol. The van der Waals surface area contributed by atoms with Crippen molar-refractivity contribution in [3.63, 3.8) is 0 Å². The van der Waals surface area contributed by atoms with Gasteiger partial charge in [-0.3, -0.25) is 4.79 Å². The molecular weight excluding hydrogens is 180 g/mol. The number of hydrogen-bond donors (Lipinski definition) is 1. The minimum Gasteiger partial charge on any atom is -0.345 e. The van der Waals surface area contributed by atoms with Crippen molar-refractivity contribution in [2.75, 3.05) is 0 Å². The molecule has 0 aliphatic carbocycles. The Morgan fingerprint density at radius 2 is 2.07 bits per heavy atom. The van der Waals surface area contributed by atoms with Crippen molar-refractivity contribution in [2.24, 2.45) is 0 Å². The van der Waals surface area contributed by atoms with Gasteiger partial charge >= 0.3 is 0 Å². The van der Waals surface area contributed by atoms with Crippen LogP contribution in [0.3, 0.4) is 0 Å². The largest absolute Gasteiger partial charge is 0.345 e. The third-order valence-electron chi connectivity index (χ3n) is 1.73. The molecule has 0 aliphatic rings. The Kier molecular flexibility index (Phi) is 3.88. The molecule has 14 heavy (non-hydrogen) atoms. The lowest BCUT2D eigenvalue weighted by Gasteiger charge is -1.97. The van der Waals surface area contributed by atoms with Gasteiger partial charge in [-0.1, -0.05) is 30.3 Å². The summed E-state index contributed by atoms with van der Waals surface area (Å²) in [7, 11) is 0. The lowest BCUT2D eigenvalue weighted by Crippen LogP contribution is -1.99. The SMILES string of the molecule is C/C(=C\C(=O)Cc1ccccc1)OO. The third-order valence-corrected chi connectivity index (χ3v) is 1.73. The molecule has 1 aromatic rings. The Balaban J connectivity index is 2.58. The molecule has 0 atom stereocenters. The van der Waals surface area contributed by atoms with Crippen molar-refractivity contribution in [1.29, 1.82) is 0 Å². The van der Waals surface area contributed by atoms with Gasteiger partial charge in [-0.25, -0.2) is 5.26 Å². The summed E-state index contributed by atoms with van der Waals surface area (Å²) in [6.07, 6.45) is 1.59. The van der Waals surface area contributed by atoms with Crippen LogP contribution in [0.15, 0.2) is 42.2 Å². The van der Waals surface area contributed by atoms with Gasteiger partial charge in [0.1, 0.15) is 5.76 Å². The van der Waals surface area contributed by atoms with Gasteiger partial charge in [0.25, 0.3) is 0 Å². The van der Waals surface area contributed by atoms with Crippen LogP contribution >= 0.6 is 0 Å². The van der Waals surface area contributed by atoms with Crippen molar-refractivity contribution < 1.29 is 14.9 Å². The number of allylic oxidation sites excluding steroid dienone is 2. The highest BCUT2D eigenvalue weighted by Crippen LogP contribution is 2.02. The maximum atomic E-state index is 11.3. The average molecular weight is 192 g/mol. The van der Waals surface area contributed by atoms with Gasteiger partial charge in [-0.15, -0.1) is 0 Å². The normalized spacial score (nSPS) is 11.1. The summed E-state index contributed by atoms with van der Waals surface area (Å²) in [5.74, 6) is 0.105.